The number of methoxy groups -OCH3 is 1. The van der Waals surface area contributed by atoms with Gasteiger partial charge in [0.05, 0.1) is 25.4 Å². The zero-order valence-corrected chi connectivity index (χ0v) is 24.0. The number of amides is 2. The number of carbonyl (C=O) groups excluding carboxylic acids is 2. The number of nitrogens with one attached hydrogen (secondary N) is 2. The van der Waals surface area contributed by atoms with Crippen LogP contribution in [0.4, 0.5) is 5.69 Å². The van der Waals surface area contributed by atoms with Gasteiger partial charge in [-0.3, -0.25) is 9.59 Å². The smallest absolute Gasteiger partial charge is 0.254 e. The van der Waals surface area contributed by atoms with Gasteiger partial charge in [0.2, 0.25) is 5.91 Å². The minimum Gasteiger partial charge on any atom is -0.496 e. The maximum atomic E-state index is 14.4. The van der Waals surface area contributed by atoms with E-state index in [1.165, 1.54) is 0 Å². The second-order valence-corrected chi connectivity index (χ2v) is 11.1. The molecule has 0 spiro atoms. The molecule has 3 atom stereocenters. The van der Waals surface area contributed by atoms with Crippen LogP contribution in [0.1, 0.15) is 19.4 Å². The third-order valence-electron chi connectivity index (χ3n) is 6.75. The zero-order chi connectivity index (χ0) is 26.7. The van der Waals surface area contributed by atoms with Gasteiger partial charge in [-0.15, -0.1) is 0 Å². The predicted octanol–water partition coefficient (Wildman–Crippen LogP) is 4.75. The molecule has 4 rings (SSSR count). The molecule has 3 aromatic carbocycles. The Bertz CT molecular complexity index is 1320. The molecule has 0 aliphatic carbocycles. The van der Waals surface area contributed by atoms with Gasteiger partial charge in [0.15, 0.2) is 0 Å². The second kappa shape index (κ2) is 11.3. The van der Waals surface area contributed by atoms with Crippen LogP contribution in [0.2, 0.25) is 0 Å². The summed E-state index contributed by atoms with van der Waals surface area (Å²) in [5.74, 6) is 1.27. The first-order valence-electron chi connectivity index (χ1n) is 12.0. The van der Waals surface area contributed by atoms with Gasteiger partial charge < -0.3 is 25.0 Å². The van der Waals surface area contributed by atoms with Gasteiger partial charge in [-0.1, -0.05) is 40.2 Å². The van der Waals surface area contributed by atoms with E-state index in [9.17, 15) is 9.59 Å². The molecule has 196 valence electrons. The summed E-state index contributed by atoms with van der Waals surface area (Å²) >= 11 is 5.11. The van der Waals surface area contributed by atoms with Gasteiger partial charge in [0.25, 0.3) is 5.91 Å². The predicted molar refractivity (Wildman–Crippen MR) is 154 cm³/mol. The largest absolute Gasteiger partial charge is 0.496 e. The van der Waals surface area contributed by atoms with E-state index in [2.05, 4.69) is 26.6 Å². The second-order valence-electron chi connectivity index (χ2n) is 9.30. The summed E-state index contributed by atoms with van der Waals surface area (Å²) in [6.07, 6.45) is 1.96. The lowest BCUT2D eigenvalue weighted by Crippen LogP contribution is -2.63. The highest BCUT2D eigenvalue weighted by Crippen LogP contribution is 2.40. The molecule has 3 aromatic rings. The van der Waals surface area contributed by atoms with Crippen LogP contribution >= 0.6 is 27.7 Å². The van der Waals surface area contributed by atoms with Gasteiger partial charge in [0.1, 0.15) is 23.1 Å². The molecule has 0 bridgehead atoms. The minimum absolute atomic E-state index is 0.241. The Morgan fingerprint density at radius 1 is 1.24 bits per heavy atom. The number of benzene rings is 3. The summed E-state index contributed by atoms with van der Waals surface area (Å²) in [5, 5.41) is 7.94. The minimum atomic E-state index is -0.974. The van der Waals surface area contributed by atoms with Crippen molar-refractivity contribution in [2.75, 3.05) is 31.1 Å². The maximum Gasteiger partial charge on any atom is 0.254 e. The highest BCUT2D eigenvalue weighted by atomic mass is 79.9. The number of nitrogens with zero attached hydrogens (tertiary/aromatic N) is 1. The lowest BCUT2D eigenvalue weighted by Gasteiger charge is -2.36. The summed E-state index contributed by atoms with van der Waals surface area (Å²) in [6, 6.07) is 16.1. The molecule has 9 heteroatoms. The lowest BCUT2D eigenvalue weighted by atomic mass is 9.96. The Morgan fingerprint density at radius 2 is 2.00 bits per heavy atom. The molecular formula is C28H32BrN3O4S. The maximum absolute atomic E-state index is 14.4. The first-order chi connectivity index (χ1) is 17.7. The normalized spacial score (nSPS) is 20.1. The number of likely N-dealkylation sites (N-methyl/N-ethyl adjacent to an activating group) is 1. The molecule has 1 aliphatic rings. The number of rotatable bonds is 8. The molecule has 2 N–H and O–H groups in total. The van der Waals surface area contributed by atoms with Crippen LogP contribution in [0.15, 0.2) is 59.1 Å². The highest BCUT2D eigenvalue weighted by molar-refractivity contribution is 9.10. The molecule has 0 radical (unpaired) electrons. The summed E-state index contributed by atoms with van der Waals surface area (Å²) in [5.41, 5.74) is 0.547. The van der Waals surface area contributed by atoms with Crippen LogP contribution in [-0.2, 0) is 16.1 Å². The van der Waals surface area contributed by atoms with E-state index in [0.717, 1.165) is 20.8 Å². The Balaban J connectivity index is 1.87. The quantitative estimate of drug-likeness (QED) is 0.397. The fourth-order valence-electron chi connectivity index (χ4n) is 4.65. The number of hydrogen-bond acceptors (Lipinski definition) is 6. The van der Waals surface area contributed by atoms with Gasteiger partial charge in [-0.2, -0.15) is 11.8 Å². The standard InChI is InChI=1S/C28H32BrN3O4S/c1-17(30-3)26(33)31-25-27(34)32(22-8-6-7-9-24(22)36-28(25,2)16-37-5)15-21-20-12-11-19(29)14-18(20)10-13-23(21)35-4/h6-14,17,25,30H,15-16H2,1-5H3,(H,31,33). The Morgan fingerprint density at radius 3 is 2.70 bits per heavy atom. The van der Waals surface area contributed by atoms with Crippen LogP contribution < -0.4 is 25.0 Å². The zero-order valence-electron chi connectivity index (χ0n) is 21.6. The molecule has 0 fully saturated rings. The molecule has 0 aromatic heterocycles. The molecule has 0 saturated carbocycles. The topological polar surface area (TPSA) is 79.9 Å². The van der Waals surface area contributed by atoms with E-state index in [1.54, 1.807) is 37.7 Å². The lowest BCUT2D eigenvalue weighted by molar-refractivity contribution is -0.132. The van der Waals surface area contributed by atoms with Crippen molar-refractivity contribution in [3.63, 3.8) is 0 Å². The third kappa shape index (κ3) is 5.44. The van der Waals surface area contributed by atoms with E-state index in [1.807, 2.05) is 67.8 Å². The number of carbonyl (C=O) groups is 2. The van der Waals surface area contributed by atoms with Gasteiger partial charge in [-0.25, -0.2) is 0 Å². The van der Waals surface area contributed by atoms with E-state index < -0.39 is 17.7 Å². The number of halogens is 1. The molecular weight excluding hydrogens is 554 g/mol. The van der Waals surface area contributed by atoms with Gasteiger partial charge in [-0.05, 0) is 68.3 Å². The van der Waals surface area contributed by atoms with E-state index in [4.69, 9.17) is 9.47 Å². The summed E-state index contributed by atoms with van der Waals surface area (Å²) in [6.45, 7) is 3.88. The average molecular weight is 587 g/mol. The van der Waals surface area contributed by atoms with Crippen molar-refractivity contribution in [2.45, 2.75) is 38.1 Å². The molecule has 1 heterocycles. The summed E-state index contributed by atoms with van der Waals surface area (Å²) < 4.78 is 13.3. The van der Waals surface area contributed by atoms with Crippen LogP contribution in [0.5, 0.6) is 11.5 Å². The number of para-hydroxylation sites is 2. The van der Waals surface area contributed by atoms with Crippen LogP contribution in [0, 0.1) is 0 Å². The van der Waals surface area contributed by atoms with Crippen LogP contribution in [-0.4, -0.2) is 55.7 Å². The number of anilines is 1. The van der Waals surface area contributed by atoms with Crippen molar-refractivity contribution in [1.29, 1.82) is 0 Å². The molecule has 2 amide bonds. The van der Waals surface area contributed by atoms with Crippen molar-refractivity contribution in [1.82, 2.24) is 10.6 Å². The SMILES string of the molecule is CNC(C)C(=O)NC1C(=O)N(Cc2c(OC)ccc3cc(Br)ccc23)c2ccccc2OC1(C)CSC. The van der Waals surface area contributed by atoms with E-state index in [-0.39, 0.29) is 18.4 Å². The van der Waals surface area contributed by atoms with Crippen molar-refractivity contribution in [3.8, 4) is 11.5 Å². The molecule has 0 saturated heterocycles. The number of fused-ring (bicyclic) bond motifs is 2. The average Bonchev–Trinajstić information content (AvgIpc) is 2.97. The Hall–Kier alpha value is -2.75. The van der Waals surface area contributed by atoms with Gasteiger partial charge in [0, 0.05) is 15.8 Å². The third-order valence-corrected chi connectivity index (χ3v) is 8.11. The highest BCUT2D eigenvalue weighted by Gasteiger charge is 2.48. The first-order valence-corrected chi connectivity index (χ1v) is 14.2. The summed E-state index contributed by atoms with van der Waals surface area (Å²) in [7, 11) is 3.34. The monoisotopic (exact) mass is 585 g/mol. The summed E-state index contributed by atoms with van der Waals surface area (Å²) in [4.78, 5) is 29.1. The number of thioether (sulfide) groups is 1. The molecule has 3 unspecified atom stereocenters. The molecule has 1 aliphatic heterocycles. The Kier molecular flexibility index (Phi) is 8.36. The van der Waals surface area contributed by atoms with Crippen molar-refractivity contribution >= 4 is 56.0 Å². The van der Waals surface area contributed by atoms with E-state index in [0.29, 0.717) is 22.9 Å². The van der Waals surface area contributed by atoms with Crippen molar-refractivity contribution in [3.05, 3.63) is 64.6 Å². The van der Waals surface area contributed by atoms with Crippen LogP contribution in [0.25, 0.3) is 10.8 Å². The van der Waals surface area contributed by atoms with Crippen molar-refractivity contribution < 1.29 is 19.1 Å². The van der Waals surface area contributed by atoms with Crippen molar-refractivity contribution in [2.24, 2.45) is 0 Å². The Labute approximate surface area is 230 Å². The number of hydrogen-bond donors (Lipinski definition) is 2. The van der Waals surface area contributed by atoms with E-state index >= 15 is 0 Å². The molecule has 37 heavy (non-hydrogen) atoms. The molecule has 7 nitrogen and oxygen atoms in total. The fraction of sp³-hybridized carbons (Fsp3) is 0.357. The fourth-order valence-corrected chi connectivity index (χ4v) is 5.82. The van der Waals surface area contributed by atoms with Gasteiger partial charge >= 0.3 is 0 Å². The first kappa shape index (κ1) is 27.3. The number of ether oxygens (including phenoxy) is 2. The van der Waals surface area contributed by atoms with Crippen LogP contribution in [0.3, 0.4) is 0 Å².